The third-order valence-corrected chi connectivity index (χ3v) is 11.4. The summed E-state index contributed by atoms with van der Waals surface area (Å²) in [4.78, 5) is 59.4. The second kappa shape index (κ2) is 17.8. The number of hydrogen-bond acceptors (Lipinski definition) is 12. The van der Waals surface area contributed by atoms with Crippen molar-refractivity contribution in [2.75, 3.05) is 36.7 Å². The van der Waals surface area contributed by atoms with E-state index in [0.29, 0.717) is 46.9 Å². The number of halogens is 1. The Bertz CT molecular complexity index is 2380. The normalized spacial score (nSPS) is 13.7. The van der Waals surface area contributed by atoms with Gasteiger partial charge in [0.2, 0.25) is 5.91 Å². The molecule has 0 spiro atoms. The molecule has 1 atom stereocenters. The van der Waals surface area contributed by atoms with E-state index in [-0.39, 0.29) is 56.7 Å². The van der Waals surface area contributed by atoms with E-state index < -0.39 is 51.1 Å². The van der Waals surface area contributed by atoms with Crippen molar-refractivity contribution in [3.63, 3.8) is 0 Å². The molecule has 3 N–H and O–H groups in total. The minimum absolute atomic E-state index is 0.00679. The molecule has 1 saturated carbocycles. The van der Waals surface area contributed by atoms with E-state index in [9.17, 15) is 32.7 Å². The molecule has 5 rings (SSSR count). The number of amides is 3. The summed E-state index contributed by atoms with van der Waals surface area (Å²) in [5.41, 5.74) is 0.0747. The van der Waals surface area contributed by atoms with Crippen molar-refractivity contribution in [1.29, 1.82) is 0 Å². The number of nitrogens with zero attached hydrogens (tertiary/aromatic N) is 3. The Hall–Kier alpha value is -5.81. The highest BCUT2D eigenvalue weighted by Gasteiger charge is 2.38. The number of aromatic nitrogens is 1. The van der Waals surface area contributed by atoms with Crippen LogP contribution in [0.2, 0.25) is 0 Å². The first-order valence-corrected chi connectivity index (χ1v) is 20.8. The Kier molecular flexibility index (Phi) is 13.4. The van der Waals surface area contributed by atoms with E-state index in [4.69, 9.17) is 14.2 Å². The summed E-state index contributed by atoms with van der Waals surface area (Å²) in [6.07, 6.45) is 0.116. The average Bonchev–Trinajstić information content (AvgIpc) is 3.99. The summed E-state index contributed by atoms with van der Waals surface area (Å²) in [7, 11) is 1.63. The Balaban J connectivity index is 1.38. The number of benzene rings is 3. The second-order valence-electron chi connectivity index (χ2n) is 16.9. The number of sulfone groups is 1. The van der Waals surface area contributed by atoms with Gasteiger partial charge >= 0.3 is 18.2 Å². The predicted molar refractivity (Wildman–Crippen MR) is 225 cm³/mol. The van der Waals surface area contributed by atoms with E-state index in [2.05, 4.69) is 15.6 Å². The van der Waals surface area contributed by atoms with Crippen molar-refractivity contribution in [3.05, 3.63) is 83.3 Å². The van der Waals surface area contributed by atoms with Crippen molar-refractivity contribution in [2.24, 2.45) is 0 Å². The van der Waals surface area contributed by atoms with Crippen LogP contribution < -0.4 is 20.3 Å². The predicted octanol–water partition coefficient (Wildman–Crippen LogP) is 7.87. The van der Waals surface area contributed by atoms with Gasteiger partial charge in [0.15, 0.2) is 21.7 Å². The lowest BCUT2D eigenvalue weighted by molar-refractivity contribution is -0.138. The maximum absolute atomic E-state index is 15.4. The number of carboxylic acids is 1. The molecule has 1 unspecified atom stereocenters. The van der Waals surface area contributed by atoms with Gasteiger partial charge in [0, 0.05) is 35.1 Å². The highest BCUT2D eigenvalue weighted by atomic mass is 32.2. The van der Waals surface area contributed by atoms with E-state index in [1.807, 2.05) is 19.0 Å². The van der Waals surface area contributed by atoms with Crippen molar-refractivity contribution >= 4 is 61.9 Å². The van der Waals surface area contributed by atoms with Gasteiger partial charge in [-0.3, -0.25) is 4.79 Å². The molecule has 322 valence electrons. The summed E-state index contributed by atoms with van der Waals surface area (Å²) in [5, 5.41) is 15.8. The smallest absolute Gasteiger partial charge is 0.425 e. The minimum atomic E-state index is -3.46. The monoisotopic (exact) mass is 849 g/mol. The van der Waals surface area contributed by atoms with E-state index in [0.717, 1.165) is 6.20 Å². The highest BCUT2D eigenvalue weighted by molar-refractivity contribution is 7.92. The van der Waals surface area contributed by atoms with Crippen molar-refractivity contribution in [2.45, 2.75) is 101 Å². The summed E-state index contributed by atoms with van der Waals surface area (Å²) >= 11 is 0. The minimum Gasteiger partial charge on any atom is -0.497 e. The number of rotatable bonds is 14. The zero-order valence-corrected chi connectivity index (χ0v) is 36.0. The molecule has 17 heteroatoms. The Morgan fingerprint density at radius 1 is 0.900 bits per heavy atom. The Morgan fingerprint density at radius 3 is 2.10 bits per heavy atom. The van der Waals surface area contributed by atoms with Crippen LogP contribution in [0.15, 0.2) is 65.7 Å². The number of carbonyl (C=O) groups excluding carboxylic acids is 3. The Morgan fingerprint density at radius 2 is 1.53 bits per heavy atom. The van der Waals surface area contributed by atoms with Crippen LogP contribution in [-0.4, -0.2) is 85.1 Å². The van der Waals surface area contributed by atoms with Gasteiger partial charge in [-0.15, -0.1) is 0 Å². The zero-order valence-electron chi connectivity index (χ0n) is 35.2. The standard InChI is InChI=1S/C43H52FN5O10S/c1-42(2,3)58-40(53)49(41(54)59-43(4,5)6)38-32-15-11-29(22-33(32)34(44)23-45-38)47-37(39(51)52)26-18-25(19-30(21-26)57-9)10-17-36(50)46-28-12-16-35(27(20-28)24-48(7)8)60(55,56)31-13-14-31/h11-12,15-16,18-23,31,37,47H,10,13-14,17,24H2,1-9H3,(H,46,50)(H,51,52). The first-order chi connectivity index (χ1) is 27.9. The van der Waals surface area contributed by atoms with Gasteiger partial charge in [0.1, 0.15) is 22.8 Å². The van der Waals surface area contributed by atoms with Crippen LogP contribution in [0.5, 0.6) is 5.75 Å². The quantitative estimate of drug-likeness (QED) is 0.111. The number of hydrogen-bond donors (Lipinski definition) is 3. The van der Waals surface area contributed by atoms with Gasteiger partial charge in [0.25, 0.3) is 0 Å². The van der Waals surface area contributed by atoms with E-state index in [1.165, 1.54) is 37.4 Å². The molecule has 1 fully saturated rings. The number of carboxylic acid groups (broad SMARTS) is 1. The molecule has 1 aromatic heterocycles. The second-order valence-corrected chi connectivity index (χ2v) is 19.1. The van der Waals surface area contributed by atoms with Crippen LogP contribution in [-0.2, 0) is 41.9 Å². The molecule has 0 aliphatic heterocycles. The fourth-order valence-electron chi connectivity index (χ4n) is 6.33. The number of ether oxygens (including phenoxy) is 3. The average molecular weight is 850 g/mol. The first kappa shape index (κ1) is 45.3. The van der Waals surface area contributed by atoms with Crippen molar-refractivity contribution < 1.29 is 51.3 Å². The fourth-order valence-corrected chi connectivity index (χ4v) is 8.19. The molecule has 4 aromatic rings. The summed E-state index contributed by atoms with van der Waals surface area (Å²) < 4.78 is 58.0. The molecule has 3 amide bonds. The molecule has 60 heavy (non-hydrogen) atoms. The van der Waals surface area contributed by atoms with Gasteiger partial charge in [-0.1, -0.05) is 6.07 Å². The summed E-state index contributed by atoms with van der Waals surface area (Å²) in [5.74, 6) is -2.35. The van der Waals surface area contributed by atoms with Gasteiger partial charge in [-0.25, -0.2) is 32.2 Å². The zero-order chi connectivity index (χ0) is 44.3. The molecule has 0 radical (unpaired) electrons. The maximum atomic E-state index is 15.4. The van der Waals surface area contributed by atoms with E-state index >= 15 is 4.39 Å². The lowest BCUT2D eigenvalue weighted by Crippen LogP contribution is -2.44. The first-order valence-electron chi connectivity index (χ1n) is 19.3. The van der Waals surface area contributed by atoms with E-state index in [1.54, 1.807) is 65.8 Å². The molecular formula is C43H52FN5O10S. The highest BCUT2D eigenvalue weighted by Crippen LogP contribution is 2.37. The maximum Gasteiger partial charge on any atom is 0.425 e. The topological polar surface area (TPSA) is 194 Å². The third-order valence-electron chi connectivity index (χ3n) is 9.04. The molecule has 1 heterocycles. The summed E-state index contributed by atoms with van der Waals surface area (Å²) in [6, 6.07) is 12.4. The number of nitrogens with one attached hydrogen (secondary N) is 2. The van der Waals surface area contributed by atoms with Gasteiger partial charge in [-0.2, -0.15) is 4.90 Å². The number of fused-ring (bicyclic) bond motifs is 1. The van der Waals surface area contributed by atoms with Crippen LogP contribution in [0.4, 0.5) is 31.2 Å². The fraction of sp³-hybridized carbons (Fsp3) is 0.419. The van der Waals surface area contributed by atoms with Crippen LogP contribution in [0.3, 0.4) is 0 Å². The van der Waals surface area contributed by atoms with Gasteiger partial charge in [0.05, 0.1) is 23.5 Å². The molecule has 3 aromatic carbocycles. The van der Waals surface area contributed by atoms with Gasteiger partial charge < -0.3 is 34.9 Å². The summed E-state index contributed by atoms with van der Waals surface area (Å²) in [6.45, 7) is 10.1. The van der Waals surface area contributed by atoms with Crippen molar-refractivity contribution in [3.8, 4) is 5.75 Å². The third kappa shape index (κ3) is 11.5. The lowest BCUT2D eigenvalue weighted by atomic mass is 10.00. The molecule has 1 aliphatic rings. The SMILES string of the molecule is COc1cc(CCC(=O)Nc2ccc(S(=O)(=O)C3CC3)c(CN(C)C)c2)cc(C(Nc2ccc3c(N(C(=O)OC(C)(C)C)C(=O)OC(C)(C)C)ncc(F)c3c2)C(=O)O)c1. The van der Waals surface area contributed by atoms with Crippen LogP contribution >= 0.6 is 0 Å². The van der Waals surface area contributed by atoms with Crippen molar-refractivity contribution in [1.82, 2.24) is 9.88 Å². The number of pyridine rings is 1. The number of imide groups is 1. The number of aryl methyl sites for hydroxylation is 1. The largest absolute Gasteiger partial charge is 0.497 e. The molecular weight excluding hydrogens is 798 g/mol. The molecule has 0 bridgehead atoms. The molecule has 0 saturated heterocycles. The number of methoxy groups -OCH3 is 1. The van der Waals surface area contributed by atoms with Crippen LogP contribution in [0.1, 0.15) is 83.5 Å². The number of carbonyl (C=O) groups is 4. The Labute approximate surface area is 349 Å². The van der Waals surface area contributed by atoms with Crippen LogP contribution in [0.25, 0.3) is 10.8 Å². The molecule has 1 aliphatic carbocycles. The number of aliphatic carboxylic acids is 1. The number of anilines is 3. The molecule has 15 nitrogen and oxygen atoms in total. The van der Waals surface area contributed by atoms with Crippen LogP contribution in [0, 0.1) is 5.82 Å². The van der Waals surface area contributed by atoms with Gasteiger partial charge in [-0.05, 0) is 140 Å². The lowest BCUT2D eigenvalue weighted by Gasteiger charge is -2.28.